The van der Waals surface area contributed by atoms with Gasteiger partial charge in [0.1, 0.15) is 0 Å². The first kappa shape index (κ1) is 24.9. The molecule has 0 spiro atoms. The monoisotopic (exact) mass is 502 g/mol. The second-order valence-electron chi connectivity index (χ2n) is 8.83. The van der Waals surface area contributed by atoms with Gasteiger partial charge in [-0.25, -0.2) is 17.8 Å². The quantitative estimate of drug-likeness (QED) is 0.459. The Hall–Kier alpha value is -2.26. The lowest BCUT2D eigenvalue weighted by Crippen LogP contribution is -2.41. The van der Waals surface area contributed by atoms with E-state index in [9.17, 15) is 13.2 Å². The number of aromatic nitrogens is 2. The van der Waals surface area contributed by atoms with Crippen LogP contribution < -0.4 is 10.3 Å². The fourth-order valence-electron chi connectivity index (χ4n) is 4.64. The summed E-state index contributed by atoms with van der Waals surface area (Å²) in [7, 11) is -3.22. The third kappa shape index (κ3) is 6.05. The molecular formula is C25H31ClN4O3S. The molecule has 0 bridgehead atoms. The molecule has 9 heteroatoms. The van der Waals surface area contributed by atoms with Gasteiger partial charge < -0.3 is 0 Å². The van der Waals surface area contributed by atoms with E-state index in [2.05, 4.69) is 9.62 Å². The molecule has 1 aromatic heterocycles. The molecule has 2 heterocycles. The van der Waals surface area contributed by atoms with Gasteiger partial charge in [-0.2, -0.15) is 5.10 Å². The summed E-state index contributed by atoms with van der Waals surface area (Å²) in [5.74, 6) is 0.142. The summed E-state index contributed by atoms with van der Waals surface area (Å²) in [6.45, 7) is 4.22. The summed E-state index contributed by atoms with van der Waals surface area (Å²) in [5, 5.41) is 7.01. The van der Waals surface area contributed by atoms with Crippen LogP contribution in [0.1, 0.15) is 37.4 Å². The Bertz CT molecular complexity index is 1290. The van der Waals surface area contributed by atoms with Crippen molar-refractivity contribution in [2.24, 2.45) is 0 Å². The highest BCUT2D eigenvalue weighted by Gasteiger charge is 2.26. The van der Waals surface area contributed by atoms with Gasteiger partial charge in [0.2, 0.25) is 10.0 Å². The molecule has 0 radical (unpaired) electrons. The molecular weight excluding hydrogens is 472 g/mol. The first-order chi connectivity index (χ1) is 16.4. The van der Waals surface area contributed by atoms with Crippen molar-refractivity contribution in [1.82, 2.24) is 19.4 Å². The molecule has 0 amide bonds. The smallest absolute Gasteiger partial charge is 0.274 e. The second-order valence-corrected chi connectivity index (χ2v) is 11.2. The molecule has 4 rings (SSSR count). The zero-order valence-electron chi connectivity index (χ0n) is 19.4. The number of fused-ring (bicyclic) bond motifs is 1. The van der Waals surface area contributed by atoms with E-state index < -0.39 is 10.0 Å². The molecule has 2 aromatic carbocycles. The number of sulfonamides is 1. The number of nitrogens with zero attached hydrogens (tertiary/aromatic N) is 3. The summed E-state index contributed by atoms with van der Waals surface area (Å²) >= 11 is 6.04. The van der Waals surface area contributed by atoms with Crippen molar-refractivity contribution in [2.75, 3.05) is 25.4 Å². The average molecular weight is 503 g/mol. The summed E-state index contributed by atoms with van der Waals surface area (Å²) < 4.78 is 28.2. The molecule has 182 valence electrons. The normalized spacial score (nSPS) is 16.9. The predicted molar refractivity (Wildman–Crippen MR) is 137 cm³/mol. The molecule has 1 saturated heterocycles. The fraction of sp³-hybridized carbons (Fsp3) is 0.440. The maximum Gasteiger partial charge on any atom is 0.274 e. The van der Waals surface area contributed by atoms with Crippen molar-refractivity contribution in [1.29, 1.82) is 0 Å². The maximum atomic E-state index is 13.3. The molecule has 0 saturated carbocycles. The van der Waals surface area contributed by atoms with E-state index in [1.165, 1.54) is 0 Å². The van der Waals surface area contributed by atoms with Gasteiger partial charge in [-0.15, -0.1) is 0 Å². The highest BCUT2D eigenvalue weighted by atomic mass is 35.5. The van der Waals surface area contributed by atoms with Gasteiger partial charge in [-0.3, -0.25) is 9.69 Å². The van der Waals surface area contributed by atoms with Crippen molar-refractivity contribution in [2.45, 2.75) is 45.2 Å². The number of halogens is 1. The van der Waals surface area contributed by atoms with E-state index in [-0.39, 0.29) is 17.4 Å². The second kappa shape index (κ2) is 11.0. The van der Waals surface area contributed by atoms with Crippen LogP contribution in [0, 0.1) is 0 Å². The first-order valence-electron chi connectivity index (χ1n) is 11.8. The molecule has 1 fully saturated rings. The van der Waals surface area contributed by atoms with E-state index in [1.807, 2.05) is 55.5 Å². The van der Waals surface area contributed by atoms with Gasteiger partial charge in [-0.05, 0) is 49.6 Å². The lowest BCUT2D eigenvalue weighted by atomic mass is 10.0. The molecule has 7 nitrogen and oxygen atoms in total. The minimum absolute atomic E-state index is 0.0917. The SMILES string of the molecule is CCCS(=O)(=O)NCCN1CCC[C@@H]1Cn1nc(Cc2ccc(Cl)cc2)c2ccccc2c1=O. The van der Waals surface area contributed by atoms with Crippen molar-refractivity contribution in [3.8, 4) is 0 Å². The third-order valence-electron chi connectivity index (χ3n) is 6.31. The zero-order valence-corrected chi connectivity index (χ0v) is 21.0. The van der Waals surface area contributed by atoms with E-state index >= 15 is 0 Å². The van der Waals surface area contributed by atoms with Crippen LogP contribution >= 0.6 is 11.6 Å². The minimum Gasteiger partial charge on any atom is -0.297 e. The Balaban J connectivity index is 1.54. The predicted octanol–water partition coefficient (Wildman–Crippen LogP) is 3.43. The Morgan fingerprint density at radius 2 is 1.85 bits per heavy atom. The number of rotatable bonds is 10. The molecule has 34 heavy (non-hydrogen) atoms. The number of likely N-dealkylation sites (tertiary alicyclic amines) is 1. The number of benzene rings is 2. The van der Waals surface area contributed by atoms with Crippen LogP contribution in [0.2, 0.25) is 5.02 Å². The molecule has 0 aliphatic carbocycles. The minimum atomic E-state index is -3.22. The van der Waals surface area contributed by atoms with Crippen LogP contribution in [-0.4, -0.2) is 54.5 Å². The molecule has 0 unspecified atom stereocenters. The van der Waals surface area contributed by atoms with Crippen molar-refractivity contribution < 1.29 is 8.42 Å². The molecule has 1 aliphatic heterocycles. The molecule has 3 aromatic rings. The standard InChI is InChI=1S/C25H31ClN4O3S/c1-2-16-34(32,33)27-13-15-29-14-5-6-21(29)18-30-25(31)23-8-4-3-7-22(23)24(28-30)17-19-9-11-20(26)12-10-19/h3-4,7-12,21,27H,2,5-6,13-18H2,1H3/t21-/m1/s1. The largest absolute Gasteiger partial charge is 0.297 e. The Labute approximate surface area is 205 Å². The van der Waals surface area contributed by atoms with Gasteiger partial charge >= 0.3 is 0 Å². The summed E-state index contributed by atoms with van der Waals surface area (Å²) in [6.07, 6.45) is 3.17. The zero-order chi connectivity index (χ0) is 24.1. The van der Waals surface area contributed by atoms with Gasteiger partial charge in [0.25, 0.3) is 5.56 Å². The Morgan fingerprint density at radius 3 is 2.59 bits per heavy atom. The van der Waals surface area contributed by atoms with Gasteiger partial charge in [0, 0.05) is 36.0 Å². The van der Waals surface area contributed by atoms with Crippen LogP contribution in [0.25, 0.3) is 10.8 Å². The highest BCUT2D eigenvalue weighted by Crippen LogP contribution is 2.21. The Morgan fingerprint density at radius 1 is 1.12 bits per heavy atom. The maximum absolute atomic E-state index is 13.3. The summed E-state index contributed by atoms with van der Waals surface area (Å²) in [5.41, 5.74) is 1.84. The number of hydrogen-bond donors (Lipinski definition) is 1. The number of nitrogens with one attached hydrogen (secondary N) is 1. The molecule has 1 atom stereocenters. The highest BCUT2D eigenvalue weighted by molar-refractivity contribution is 7.89. The third-order valence-corrected chi connectivity index (χ3v) is 8.15. The van der Waals surface area contributed by atoms with Gasteiger partial charge in [0.15, 0.2) is 0 Å². The summed E-state index contributed by atoms with van der Waals surface area (Å²) in [6, 6.07) is 15.4. The van der Waals surface area contributed by atoms with Crippen molar-refractivity contribution >= 4 is 32.4 Å². The van der Waals surface area contributed by atoms with Crippen LogP contribution in [0.3, 0.4) is 0 Å². The van der Waals surface area contributed by atoms with E-state index in [0.29, 0.717) is 42.9 Å². The topological polar surface area (TPSA) is 84.3 Å². The van der Waals surface area contributed by atoms with Crippen molar-refractivity contribution in [3.05, 3.63) is 75.2 Å². The van der Waals surface area contributed by atoms with Crippen LogP contribution in [0.15, 0.2) is 53.3 Å². The fourth-order valence-corrected chi connectivity index (χ4v) is 5.85. The molecule has 1 aliphatic rings. The lowest BCUT2D eigenvalue weighted by molar-refractivity contribution is 0.228. The van der Waals surface area contributed by atoms with E-state index in [0.717, 1.165) is 36.0 Å². The Kier molecular flexibility index (Phi) is 8.03. The van der Waals surface area contributed by atoms with E-state index in [1.54, 1.807) is 4.68 Å². The average Bonchev–Trinajstić information content (AvgIpc) is 3.25. The van der Waals surface area contributed by atoms with E-state index in [4.69, 9.17) is 16.7 Å². The van der Waals surface area contributed by atoms with Crippen LogP contribution in [0.5, 0.6) is 0 Å². The number of hydrogen-bond acceptors (Lipinski definition) is 5. The lowest BCUT2D eigenvalue weighted by Gasteiger charge is -2.25. The van der Waals surface area contributed by atoms with Crippen LogP contribution in [-0.2, 0) is 23.0 Å². The van der Waals surface area contributed by atoms with Crippen LogP contribution in [0.4, 0.5) is 0 Å². The first-order valence-corrected chi connectivity index (χ1v) is 13.8. The summed E-state index contributed by atoms with van der Waals surface area (Å²) in [4.78, 5) is 15.5. The van der Waals surface area contributed by atoms with Gasteiger partial charge in [-0.1, -0.05) is 48.9 Å². The van der Waals surface area contributed by atoms with Crippen molar-refractivity contribution in [3.63, 3.8) is 0 Å². The molecule has 1 N–H and O–H groups in total. The van der Waals surface area contributed by atoms with Gasteiger partial charge in [0.05, 0.1) is 23.4 Å².